The summed E-state index contributed by atoms with van der Waals surface area (Å²) in [6.45, 7) is 0. The van der Waals surface area contributed by atoms with Crippen LogP contribution in [-0.2, 0) is 4.79 Å². The Hall–Kier alpha value is -0.630. The van der Waals surface area contributed by atoms with Crippen molar-refractivity contribution in [1.82, 2.24) is 0 Å². The average Bonchev–Trinajstić information content (AvgIpc) is 1.86. The Kier molecular flexibility index (Phi) is 3.65. The van der Waals surface area contributed by atoms with E-state index in [0.29, 0.717) is 0 Å². The SMILES string of the molecule is N#C/C(C(=O)O)=C(\N)C(Cl)(Cl)Cl. The van der Waals surface area contributed by atoms with E-state index in [4.69, 9.17) is 50.9 Å². The van der Waals surface area contributed by atoms with Gasteiger partial charge in [0.05, 0.1) is 5.70 Å². The summed E-state index contributed by atoms with van der Waals surface area (Å²) in [6.07, 6.45) is 0. The van der Waals surface area contributed by atoms with Crippen LogP contribution in [0.15, 0.2) is 11.3 Å². The van der Waals surface area contributed by atoms with Crippen molar-refractivity contribution in [3.8, 4) is 6.07 Å². The zero-order valence-corrected chi connectivity index (χ0v) is 7.78. The van der Waals surface area contributed by atoms with Gasteiger partial charge in [0, 0.05) is 0 Å². The molecule has 12 heavy (non-hydrogen) atoms. The van der Waals surface area contributed by atoms with Crippen LogP contribution in [0.4, 0.5) is 0 Å². The lowest BCUT2D eigenvalue weighted by Gasteiger charge is -2.10. The lowest BCUT2D eigenvalue weighted by molar-refractivity contribution is -0.132. The molecule has 0 atom stereocenters. The van der Waals surface area contributed by atoms with Crippen LogP contribution in [0.2, 0.25) is 0 Å². The first-order chi connectivity index (χ1) is 5.30. The third-order valence-electron chi connectivity index (χ3n) is 0.900. The van der Waals surface area contributed by atoms with Crippen LogP contribution in [0.25, 0.3) is 0 Å². The van der Waals surface area contributed by atoms with Crippen LogP contribution in [0.1, 0.15) is 0 Å². The van der Waals surface area contributed by atoms with Crippen molar-refractivity contribution in [2.24, 2.45) is 5.73 Å². The Labute approximate surface area is 83.1 Å². The Morgan fingerprint density at radius 2 is 1.92 bits per heavy atom. The second kappa shape index (κ2) is 3.85. The third-order valence-corrected chi connectivity index (χ3v) is 1.51. The molecule has 0 heterocycles. The third kappa shape index (κ3) is 2.78. The van der Waals surface area contributed by atoms with E-state index < -0.39 is 21.0 Å². The molecule has 0 aliphatic heterocycles. The van der Waals surface area contributed by atoms with Crippen molar-refractivity contribution in [3.63, 3.8) is 0 Å². The zero-order valence-electron chi connectivity index (χ0n) is 5.51. The number of hydrogen-bond acceptors (Lipinski definition) is 3. The zero-order chi connectivity index (χ0) is 9.94. The molecule has 0 radical (unpaired) electrons. The van der Waals surface area contributed by atoms with Gasteiger partial charge in [-0.15, -0.1) is 0 Å². The second-order valence-corrected chi connectivity index (χ2v) is 3.98. The highest BCUT2D eigenvalue weighted by Gasteiger charge is 2.29. The van der Waals surface area contributed by atoms with Crippen LogP contribution in [0.5, 0.6) is 0 Å². The summed E-state index contributed by atoms with van der Waals surface area (Å²) in [5.41, 5.74) is 3.72. The van der Waals surface area contributed by atoms with Gasteiger partial charge in [-0.1, -0.05) is 34.8 Å². The Morgan fingerprint density at radius 3 is 2.00 bits per heavy atom. The van der Waals surface area contributed by atoms with Crippen molar-refractivity contribution in [2.45, 2.75) is 3.79 Å². The average molecular weight is 229 g/mol. The summed E-state index contributed by atoms with van der Waals surface area (Å²) in [7, 11) is 0. The number of carboxylic acids is 1. The van der Waals surface area contributed by atoms with Crippen LogP contribution in [0, 0.1) is 11.3 Å². The molecule has 0 rings (SSSR count). The van der Waals surface area contributed by atoms with Crippen LogP contribution in [-0.4, -0.2) is 14.9 Å². The van der Waals surface area contributed by atoms with Gasteiger partial charge in [-0.3, -0.25) is 0 Å². The summed E-state index contributed by atoms with van der Waals surface area (Å²) in [5, 5.41) is 16.7. The maximum atomic E-state index is 10.3. The molecule has 0 aliphatic rings. The van der Waals surface area contributed by atoms with Gasteiger partial charge < -0.3 is 10.8 Å². The summed E-state index contributed by atoms with van der Waals surface area (Å²) in [4.78, 5) is 10.3. The van der Waals surface area contributed by atoms with Gasteiger partial charge in [-0.2, -0.15) is 5.26 Å². The Balaban J connectivity index is 5.17. The molecule has 3 N–H and O–H groups in total. The molecule has 0 saturated carbocycles. The van der Waals surface area contributed by atoms with E-state index in [2.05, 4.69) is 0 Å². The molecule has 0 spiro atoms. The van der Waals surface area contributed by atoms with Crippen LogP contribution in [0.3, 0.4) is 0 Å². The van der Waals surface area contributed by atoms with Crippen molar-refractivity contribution in [1.29, 1.82) is 5.26 Å². The maximum absolute atomic E-state index is 10.3. The molecule has 0 bridgehead atoms. The fraction of sp³-hybridized carbons (Fsp3) is 0.200. The number of nitrogens with zero attached hydrogens (tertiary/aromatic N) is 1. The molecule has 66 valence electrons. The van der Waals surface area contributed by atoms with E-state index >= 15 is 0 Å². The number of allylic oxidation sites excluding steroid dienone is 1. The van der Waals surface area contributed by atoms with E-state index in [1.165, 1.54) is 6.07 Å². The van der Waals surface area contributed by atoms with E-state index in [1.54, 1.807) is 0 Å². The standard InChI is InChI=1S/C5H3Cl3N2O2/c6-5(7,8)3(10)2(1-9)4(11)12/h10H2,(H,11,12)/b3-2+. The number of carbonyl (C=O) groups is 1. The maximum Gasteiger partial charge on any atom is 0.348 e. The van der Waals surface area contributed by atoms with Crippen LogP contribution >= 0.6 is 34.8 Å². The normalized spacial score (nSPS) is 13.2. The first-order valence-corrected chi connectivity index (χ1v) is 3.64. The summed E-state index contributed by atoms with van der Waals surface area (Å²) >= 11 is 15.7. The minimum absolute atomic E-state index is 0.595. The van der Waals surface area contributed by atoms with Gasteiger partial charge in [0.2, 0.25) is 3.79 Å². The quantitative estimate of drug-likeness (QED) is 0.401. The lowest BCUT2D eigenvalue weighted by Crippen LogP contribution is -2.21. The van der Waals surface area contributed by atoms with E-state index in [0.717, 1.165) is 0 Å². The minimum Gasteiger partial charge on any atom is -0.477 e. The molecule has 4 nitrogen and oxygen atoms in total. The summed E-state index contributed by atoms with van der Waals surface area (Å²) < 4.78 is -2.07. The number of carboxylic acid groups (broad SMARTS) is 1. The number of nitrogens with two attached hydrogens (primary N) is 1. The molecule has 0 aromatic rings. The Morgan fingerprint density at radius 1 is 1.50 bits per heavy atom. The number of rotatable bonds is 1. The number of halogens is 3. The second-order valence-electron chi connectivity index (χ2n) is 1.70. The van der Waals surface area contributed by atoms with Gasteiger partial charge >= 0.3 is 5.97 Å². The van der Waals surface area contributed by atoms with Gasteiger partial charge in [-0.25, -0.2) is 4.79 Å². The minimum atomic E-state index is -2.07. The molecule has 7 heteroatoms. The van der Waals surface area contributed by atoms with Gasteiger partial charge in [0.15, 0.2) is 5.57 Å². The lowest BCUT2D eigenvalue weighted by atomic mass is 10.2. The predicted molar refractivity (Wildman–Crippen MR) is 44.8 cm³/mol. The molecule has 0 aromatic carbocycles. The molecule has 0 aromatic heterocycles. The van der Waals surface area contributed by atoms with Crippen molar-refractivity contribution in [3.05, 3.63) is 11.3 Å². The smallest absolute Gasteiger partial charge is 0.348 e. The van der Waals surface area contributed by atoms with Crippen molar-refractivity contribution in [2.75, 3.05) is 0 Å². The summed E-state index contributed by atoms with van der Waals surface area (Å²) in [5.74, 6) is -1.53. The van der Waals surface area contributed by atoms with Gasteiger partial charge in [0.1, 0.15) is 6.07 Å². The molecule has 0 saturated heterocycles. The summed E-state index contributed by atoms with van der Waals surface area (Å²) in [6, 6.07) is 1.31. The molecule has 0 unspecified atom stereocenters. The number of hydrogen-bond donors (Lipinski definition) is 2. The van der Waals surface area contributed by atoms with E-state index in [9.17, 15) is 4.79 Å². The fourth-order valence-electron chi connectivity index (χ4n) is 0.365. The monoisotopic (exact) mass is 228 g/mol. The van der Waals surface area contributed by atoms with E-state index in [1.807, 2.05) is 0 Å². The molecular formula is C5H3Cl3N2O2. The highest BCUT2D eigenvalue weighted by molar-refractivity contribution is 6.69. The number of nitriles is 1. The largest absolute Gasteiger partial charge is 0.477 e. The van der Waals surface area contributed by atoms with Crippen molar-refractivity contribution >= 4 is 40.8 Å². The topological polar surface area (TPSA) is 87.1 Å². The molecule has 0 amide bonds. The predicted octanol–water partition coefficient (Wildman–Crippen LogP) is 1.18. The number of aliphatic carboxylic acids is 1. The van der Waals surface area contributed by atoms with Crippen molar-refractivity contribution < 1.29 is 9.90 Å². The molecule has 0 aliphatic carbocycles. The van der Waals surface area contributed by atoms with Gasteiger partial charge in [0.25, 0.3) is 0 Å². The number of alkyl halides is 3. The first kappa shape index (κ1) is 11.4. The highest BCUT2D eigenvalue weighted by atomic mass is 35.6. The highest BCUT2D eigenvalue weighted by Crippen LogP contribution is 2.33. The Bertz CT molecular complexity index is 273. The van der Waals surface area contributed by atoms with Crippen LogP contribution < -0.4 is 5.73 Å². The first-order valence-electron chi connectivity index (χ1n) is 2.51. The fourth-order valence-corrected chi connectivity index (χ4v) is 0.648. The molecular weight excluding hydrogens is 226 g/mol. The van der Waals surface area contributed by atoms with E-state index in [-0.39, 0.29) is 0 Å². The molecule has 0 fully saturated rings. The van der Waals surface area contributed by atoms with Gasteiger partial charge in [-0.05, 0) is 0 Å².